The second-order valence-electron chi connectivity index (χ2n) is 4.49. The first-order chi connectivity index (χ1) is 9.38. The molecule has 1 atom stereocenters. The van der Waals surface area contributed by atoms with E-state index in [-0.39, 0.29) is 11.8 Å². The highest BCUT2D eigenvalue weighted by Gasteiger charge is 2.18. The van der Waals surface area contributed by atoms with Gasteiger partial charge < -0.3 is 0 Å². The summed E-state index contributed by atoms with van der Waals surface area (Å²) in [7, 11) is 1.72. The van der Waals surface area contributed by atoms with E-state index in [9.17, 15) is 4.79 Å². The van der Waals surface area contributed by atoms with Crippen LogP contribution in [0.3, 0.4) is 0 Å². The van der Waals surface area contributed by atoms with Crippen LogP contribution in [0.1, 0.15) is 24.2 Å². The summed E-state index contributed by atoms with van der Waals surface area (Å²) in [4.78, 5) is 16.3. The fourth-order valence-electron chi connectivity index (χ4n) is 1.77. The molecular formula is C13H14Cl2N4O. The second-order valence-corrected chi connectivity index (χ2v) is 5.31. The quantitative estimate of drug-likeness (QED) is 0.947. The number of nitrogens with one attached hydrogen (secondary N) is 1. The zero-order valence-electron chi connectivity index (χ0n) is 11.3. The topological polar surface area (TPSA) is 59.8 Å². The number of rotatable bonds is 3. The normalized spacial score (nSPS) is 12.2. The molecule has 0 aliphatic heterocycles. The molecule has 0 aliphatic rings. The lowest BCUT2D eigenvalue weighted by molar-refractivity contribution is -0.117. The van der Waals surface area contributed by atoms with E-state index in [1.165, 1.54) is 4.68 Å². The number of nitrogens with zero attached hydrogens (tertiary/aromatic N) is 3. The molecule has 2 rings (SSSR count). The first kappa shape index (κ1) is 14.8. The van der Waals surface area contributed by atoms with Crippen molar-refractivity contribution in [3.8, 4) is 0 Å². The van der Waals surface area contributed by atoms with Crippen LogP contribution in [0.2, 0.25) is 10.0 Å². The van der Waals surface area contributed by atoms with Gasteiger partial charge in [-0.05, 0) is 31.5 Å². The molecule has 1 aromatic carbocycles. The molecule has 106 valence electrons. The Kier molecular flexibility index (Phi) is 4.30. The Labute approximate surface area is 126 Å². The molecule has 0 saturated heterocycles. The highest BCUT2D eigenvalue weighted by molar-refractivity contribution is 6.42. The third-order valence-corrected chi connectivity index (χ3v) is 3.68. The average Bonchev–Trinajstić information content (AvgIpc) is 2.70. The van der Waals surface area contributed by atoms with E-state index in [0.717, 1.165) is 5.56 Å². The number of carbonyl (C=O) groups is 1. The molecule has 1 N–H and O–H groups in total. The summed E-state index contributed by atoms with van der Waals surface area (Å²) in [5.41, 5.74) is 0.788. The van der Waals surface area contributed by atoms with Crippen molar-refractivity contribution in [2.24, 2.45) is 7.05 Å². The number of hydrogen-bond donors (Lipinski definition) is 1. The molecule has 5 nitrogen and oxygen atoms in total. The minimum absolute atomic E-state index is 0.182. The van der Waals surface area contributed by atoms with Gasteiger partial charge in [-0.1, -0.05) is 29.3 Å². The molecule has 0 spiro atoms. The SMILES string of the molecule is Cc1nc(NC(=O)C(C)c2ccc(Cl)c(Cl)c2)n(C)n1. The van der Waals surface area contributed by atoms with E-state index in [0.29, 0.717) is 21.8 Å². The van der Waals surface area contributed by atoms with Gasteiger partial charge in [0, 0.05) is 7.05 Å². The minimum atomic E-state index is -0.373. The molecule has 0 bridgehead atoms. The van der Waals surface area contributed by atoms with Crippen molar-refractivity contribution in [1.82, 2.24) is 14.8 Å². The highest BCUT2D eigenvalue weighted by Crippen LogP contribution is 2.27. The number of benzene rings is 1. The van der Waals surface area contributed by atoms with E-state index in [2.05, 4.69) is 15.4 Å². The maximum absolute atomic E-state index is 12.2. The lowest BCUT2D eigenvalue weighted by Crippen LogP contribution is -2.21. The van der Waals surface area contributed by atoms with E-state index >= 15 is 0 Å². The lowest BCUT2D eigenvalue weighted by Gasteiger charge is -2.12. The van der Waals surface area contributed by atoms with Gasteiger partial charge in [-0.25, -0.2) is 4.68 Å². The van der Waals surface area contributed by atoms with Gasteiger partial charge >= 0.3 is 0 Å². The van der Waals surface area contributed by atoms with Gasteiger partial charge in [0.2, 0.25) is 11.9 Å². The first-order valence-electron chi connectivity index (χ1n) is 6.02. The lowest BCUT2D eigenvalue weighted by atomic mass is 10.0. The molecule has 0 radical (unpaired) electrons. The van der Waals surface area contributed by atoms with Gasteiger partial charge in [-0.15, -0.1) is 0 Å². The van der Waals surface area contributed by atoms with Crippen LogP contribution in [0.4, 0.5) is 5.95 Å². The zero-order valence-corrected chi connectivity index (χ0v) is 12.8. The Morgan fingerprint density at radius 1 is 1.35 bits per heavy atom. The van der Waals surface area contributed by atoms with Crippen LogP contribution < -0.4 is 5.32 Å². The third kappa shape index (κ3) is 3.11. The van der Waals surface area contributed by atoms with Crippen molar-refractivity contribution in [2.75, 3.05) is 5.32 Å². The number of aromatic nitrogens is 3. The number of carbonyl (C=O) groups excluding carboxylic acids is 1. The molecule has 1 aromatic heterocycles. The Morgan fingerprint density at radius 3 is 2.60 bits per heavy atom. The maximum atomic E-state index is 12.2. The van der Waals surface area contributed by atoms with Crippen LogP contribution in [-0.4, -0.2) is 20.7 Å². The molecule has 0 saturated carbocycles. The Bertz CT molecular complexity index is 654. The van der Waals surface area contributed by atoms with Crippen LogP contribution in [0.5, 0.6) is 0 Å². The van der Waals surface area contributed by atoms with E-state index in [1.807, 2.05) is 0 Å². The number of amides is 1. The van der Waals surface area contributed by atoms with Crippen LogP contribution in [-0.2, 0) is 11.8 Å². The summed E-state index contributed by atoms with van der Waals surface area (Å²) < 4.78 is 1.52. The Morgan fingerprint density at radius 2 is 2.05 bits per heavy atom. The molecule has 1 amide bonds. The molecule has 2 aromatic rings. The zero-order chi connectivity index (χ0) is 14.9. The van der Waals surface area contributed by atoms with Crippen LogP contribution in [0, 0.1) is 6.92 Å². The largest absolute Gasteiger partial charge is 0.294 e. The van der Waals surface area contributed by atoms with Gasteiger partial charge in [0.15, 0.2) is 0 Å². The monoisotopic (exact) mass is 312 g/mol. The number of hydrogen-bond acceptors (Lipinski definition) is 3. The number of aryl methyl sites for hydroxylation is 2. The molecular weight excluding hydrogens is 299 g/mol. The van der Waals surface area contributed by atoms with Crippen molar-refractivity contribution < 1.29 is 4.79 Å². The summed E-state index contributed by atoms with van der Waals surface area (Å²) >= 11 is 11.8. The van der Waals surface area contributed by atoms with Gasteiger partial charge in [0.25, 0.3) is 0 Å². The van der Waals surface area contributed by atoms with Gasteiger partial charge in [-0.2, -0.15) is 10.1 Å². The van der Waals surface area contributed by atoms with Crippen molar-refractivity contribution in [1.29, 1.82) is 0 Å². The van der Waals surface area contributed by atoms with Crippen molar-refractivity contribution >= 4 is 35.1 Å². The summed E-state index contributed by atoms with van der Waals surface area (Å²) in [6.45, 7) is 3.55. The van der Waals surface area contributed by atoms with Gasteiger partial charge in [0.05, 0.1) is 16.0 Å². The van der Waals surface area contributed by atoms with E-state index in [4.69, 9.17) is 23.2 Å². The Hall–Kier alpha value is -1.59. The second kappa shape index (κ2) is 5.81. The predicted molar refractivity (Wildman–Crippen MR) is 79.2 cm³/mol. The molecule has 0 fully saturated rings. The maximum Gasteiger partial charge on any atom is 0.233 e. The third-order valence-electron chi connectivity index (χ3n) is 2.94. The van der Waals surface area contributed by atoms with E-state index < -0.39 is 0 Å². The minimum Gasteiger partial charge on any atom is -0.294 e. The Balaban J connectivity index is 2.16. The van der Waals surface area contributed by atoms with Crippen molar-refractivity contribution in [2.45, 2.75) is 19.8 Å². The molecule has 20 heavy (non-hydrogen) atoms. The summed E-state index contributed by atoms with van der Waals surface area (Å²) in [6, 6.07) is 5.14. The summed E-state index contributed by atoms with van der Waals surface area (Å²) in [5, 5.41) is 7.71. The molecule has 1 unspecified atom stereocenters. The molecule has 7 heteroatoms. The average molecular weight is 313 g/mol. The van der Waals surface area contributed by atoms with Crippen LogP contribution in [0.15, 0.2) is 18.2 Å². The van der Waals surface area contributed by atoms with Crippen molar-refractivity contribution in [3.05, 3.63) is 39.6 Å². The van der Waals surface area contributed by atoms with Gasteiger partial charge in [-0.3, -0.25) is 10.1 Å². The molecule has 1 heterocycles. The number of halogens is 2. The summed E-state index contributed by atoms with van der Waals surface area (Å²) in [5.74, 6) is 0.463. The standard InChI is InChI=1S/C13H14Cl2N4O/c1-7(9-4-5-10(14)11(15)6-9)12(20)17-13-16-8(2)18-19(13)3/h4-7H,1-3H3,(H,16,17,18,20). The number of anilines is 1. The predicted octanol–water partition coefficient (Wildman–Crippen LogP) is 3.17. The molecule has 0 aliphatic carbocycles. The van der Waals surface area contributed by atoms with Gasteiger partial charge in [0.1, 0.15) is 5.82 Å². The van der Waals surface area contributed by atoms with Crippen molar-refractivity contribution in [3.63, 3.8) is 0 Å². The fourth-order valence-corrected chi connectivity index (χ4v) is 2.08. The fraction of sp³-hybridized carbons (Fsp3) is 0.308. The first-order valence-corrected chi connectivity index (χ1v) is 6.77. The van der Waals surface area contributed by atoms with E-state index in [1.54, 1.807) is 39.1 Å². The van der Waals surface area contributed by atoms with Crippen LogP contribution >= 0.6 is 23.2 Å². The summed E-state index contributed by atoms with van der Waals surface area (Å²) in [6.07, 6.45) is 0. The smallest absolute Gasteiger partial charge is 0.233 e. The van der Waals surface area contributed by atoms with Crippen LogP contribution in [0.25, 0.3) is 0 Å². The highest BCUT2D eigenvalue weighted by atomic mass is 35.5.